The van der Waals surface area contributed by atoms with Gasteiger partial charge in [0.2, 0.25) is 0 Å². The molecule has 0 radical (unpaired) electrons. The van der Waals surface area contributed by atoms with Crippen LogP contribution < -0.4 is 0 Å². The van der Waals surface area contributed by atoms with Crippen molar-refractivity contribution in [1.82, 2.24) is 0 Å². The van der Waals surface area contributed by atoms with Crippen LogP contribution in [0.4, 0.5) is 0 Å². The molecule has 4 saturated carbocycles. The second-order valence-corrected chi connectivity index (χ2v) is 12.8. The molecular formula is C27H44O3. The molecular weight excluding hydrogens is 372 g/mol. The van der Waals surface area contributed by atoms with Gasteiger partial charge in [-0.3, -0.25) is 4.79 Å². The van der Waals surface area contributed by atoms with E-state index in [1.165, 1.54) is 38.5 Å². The molecule has 30 heavy (non-hydrogen) atoms. The lowest BCUT2D eigenvalue weighted by Crippen LogP contribution is -2.66. The Morgan fingerprint density at radius 2 is 1.60 bits per heavy atom. The van der Waals surface area contributed by atoms with Crippen LogP contribution in [0, 0.1) is 51.2 Å². The highest BCUT2D eigenvalue weighted by Gasteiger charge is 2.68. The van der Waals surface area contributed by atoms with E-state index in [0.717, 1.165) is 25.0 Å². The zero-order valence-electron chi connectivity index (χ0n) is 20.2. The number of hydrogen-bond donors (Lipinski definition) is 1. The van der Waals surface area contributed by atoms with E-state index in [1.54, 1.807) is 6.92 Å². The number of aldehydes is 1. The van der Waals surface area contributed by atoms with Gasteiger partial charge in [-0.15, -0.1) is 0 Å². The van der Waals surface area contributed by atoms with E-state index in [0.29, 0.717) is 29.1 Å². The zero-order valence-corrected chi connectivity index (χ0v) is 20.2. The molecule has 0 bridgehead atoms. The Bertz CT molecular complexity index is 713. The molecule has 1 N–H and O–H groups in total. The molecule has 0 saturated heterocycles. The van der Waals surface area contributed by atoms with Crippen molar-refractivity contribution in [2.24, 2.45) is 51.2 Å². The van der Waals surface area contributed by atoms with Gasteiger partial charge >= 0.3 is 0 Å². The molecule has 4 rings (SSSR count). The van der Waals surface area contributed by atoms with E-state index in [9.17, 15) is 14.7 Å². The summed E-state index contributed by atoms with van der Waals surface area (Å²) in [5, 5.41) is 11.1. The van der Waals surface area contributed by atoms with Gasteiger partial charge in [0.1, 0.15) is 12.1 Å². The molecule has 3 heteroatoms. The summed E-state index contributed by atoms with van der Waals surface area (Å²) in [5.74, 6) is 0.895. The lowest BCUT2D eigenvalue weighted by Gasteiger charge is -2.71. The monoisotopic (exact) mass is 416 g/mol. The fourth-order valence-corrected chi connectivity index (χ4v) is 10.3. The second-order valence-electron chi connectivity index (χ2n) is 12.8. The summed E-state index contributed by atoms with van der Waals surface area (Å²) in [7, 11) is 0. The summed E-state index contributed by atoms with van der Waals surface area (Å²) >= 11 is 0. The van der Waals surface area contributed by atoms with Gasteiger partial charge in [-0.1, -0.05) is 41.0 Å². The first kappa shape index (κ1) is 22.5. The predicted octanol–water partition coefficient (Wildman–Crippen LogP) is 5.83. The third-order valence-corrected chi connectivity index (χ3v) is 11.4. The Kier molecular flexibility index (Phi) is 5.36. The number of aliphatic hydroxyl groups excluding tert-OH is 1. The Morgan fingerprint density at radius 1 is 0.967 bits per heavy atom. The molecule has 0 aliphatic heterocycles. The van der Waals surface area contributed by atoms with Crippen molar-refractivity contribution in [2.75, 3.05) is 0 Å². The minimum atomic E-state index is -0.675. The number of rotatable bonds is 3. The lowest BCUT2D eigenvalue weighted by molar-refractivity contribution is -0.230. The third kappa shape index (κ3) is 2.79. The van der Waals surface area contributed by atoms with E-state index >= 15 is 0 Å². The van der Waals surface area contributed by atoms with E-state index in [-0.39, 0.29) is 22.5 Å². The van der Waals surface area contributed by atoms with Crippen LogP contribution in [0.2, 0.25) is 0 Å². The minimum Gasteiger partial charge on any atom is -0.392 e. The fraction of sp³-hybridized carbons (Fsp3) is 0.926. The Balaban J connectivity index is 1.78. The molecule has 0 aromatic rings. The lowest BCUT2D eigenvalue weighted by atomic mass is 9.34. The number of Topliss-reactive ketones (excluding diaryl/α,β-unsaturated/α-hetero) is 1. The summed E-state index contributed by atoms with van der Waals surface area (Å²) in [6, 6.07) is 0. The first-order valence-corrected chi connectivity index (χ1v) is 12.6. The van der Waals surface area contributed by atoms with Crippen LogP contribution in [0.1, 0.15) is 99.3 Å². The molecule has 4 aliphatic carbocycles. The molecule has 0 aromatic carbocycles. The van der Waals surface area contributed by atoms with Gasteiger partial charge < -0.3 is 9.90 Å². The molecule has 4 aliphatic rings. The van der Waals surface area contributed by atoms with Crippen LogP contribution in [0.3, 0.4) is 0 Å². The molecule has 0 aromatic heterocycles. The Hall–Kier alpha value is -0.700. The normalized spacial score (nSPS) is 52.5. The van der Waals surface area contributed by atoms with Gasteiger partial charge in [0.25, 0.3) is 0 Å². The summed E-state index contributed by atoms with van der Waals surface area (Å²) in [6.45, 7) is 13.8. The van der Waals surface area contributed by atoms with Crippen molar-refractivity contribution in [1.29, 1.82) is 0 Å². The van der Waals surface area contributed by atoms with Crippen molar-refractivity contribution in [2.45, 2.75) is 105 Å². The topological polar surface area (TPSA) is 54.4 Å². The SMILES string of the molecule is CCC12CCC3C4(C)CCCC(C)(C)C4CCC3(C)C1CC(O)C(C(C)=O)C2C=O. The molecule has 9 unspecified atom stereocenters. The summed E-state index contributed by atoms with van der Waals surface area (Å²) in [4.78, 5) is 24.9. The number of hydrogen-bond acceptors (Lipinski definition) is 3. The van der Waals surface area contributed by atoms with Crippen LogP contribution in [0.5, 0.6) is 0 Å². The highest BCUT2D eigenvalue weighted by molar-refractivity contribution is 5.83. The summed E-state index contributed by atoms with van der Waals surface area (Å²) in [6.07, 6.45) is 10.7. The molecule has 0 amide bonds. The number of carbonyl (C=O) groups is 2. The maximum atomic E-state index is 12.5. The van der Waals surface area contributed by atoms with Gasteiger partial charge in [-0.2, -0.15) is 0 Å². The standard InChI is InChI=1S/C27H44O3/c1-7-27-14-10-21-25(5)12-8-11-24(3,4)20(25)9-13-26(21,6)22(27)15-19(30)23(17(2)29)18(27)16-28/h16,18-23,30H,7-15H2,1-6H3. The molecule has 4 fully saturated rings. The van der Waals surface area contributed by atoms with Gasteiger partial charge in [0.05, 0.1) is 12.0 Å². The van der Waals surface area contributed by atoms with Crippen LogP contribution in [-0.2, 0) is 9.59 Å². The fourth-order valence-electron chi connectivity index (χ4n) is 10.3. The van der Waals surface area contributed by atoms with Crippen molar-refractivity contribution >= 4 is 12.1 Å². The van der Waals surface area contributed by atoms with Crippen LogP contribution in [0.25, 0.3) is 0 Å². The van der Waals surface area contributed by atoms with Gasteiger partial charge in [0, 0.05) is 5.92 Å². The third-order valence-electron chi connectivity index (χ3n) is 11.4. The van der Waals surface area contributed by atoms with Crippen molar-refractivity contribution < 1.29 is 14.7 Å². The van der Waals surface area contributed by atoms with E-state index in [2.05, 4.69) is 34.6 Å². The predicted molar refractivity (Wildman–Crippen MR) is 120 cm³/mol. The average molecular weight is 417 g/mol. The van der Waals surface area contributed by atoms with E-state index < -0.39 is 12.0 Å². The largest absolute Gasteiger partial charge is 0.392 e. The Morgan fingerprint density at radius 3 is 2.20 bits per heavy atom. The molecule has 170 valence electrons. The van der Waals surface area contributed by atoms with Crippen LogP contribution in [0.15, 0.2) is 0 Å². The number of aliphatic hydroxyl groups is 1. The molecule has 9 atom stereocenters. The zero-order chi connectivity index (χ0) is 22.1. The van der Waals surface area contributed by atoms with Crippen LogP contribution in [-0.4, -0.2) is 23.3 Å². The smallest absolute Gasteiger partial charge is 0.136 e. The molecule has 0 heterocycles. The summed E-state index contributed by atoms with van der Waals surface area (Å²) < 4.78 is 0. The minimum absolute atomic E-state index is 0.0112. The second kappa shape index (κ2) is 7.15. The van der Waals surface area contributed by atoms with Crippen molar-refractivity contribution in [3.63, 3.8) is 0 Å². The van der Waals surface area contributed by atoms with Gasteiger partial charge in [-0.25, -0.2) is 0 Å². The highest BCUT2D eigenvalue weighted by atomic mass is 16.3. The first-order chi connectivity index (χ1) is 14.0. The van der Waals surface area contributed by atoms with E-state index in [1.807, 2.05) is 0 Å². The average Bonchev–Trinajstić information content (AvgIpc) is 2.66. The van der Waals surface area contributed by atoms with E-state index in [4.69, 9.17) is 0 Å². The Labute approximate surface area is 183 Å². The van der Waals surface area contributed by atoms with Crippen molar-refractivity contribution in [3.05, 3.63) is 0 Å². The number of fused-ring (bicyclic) bond motifs is 5. The van der Waals surface area contributed by atoms with Gasteiger partial charge in [0.15, 0.2) is 0 Å². The van der Waals surface area contributed by atoms with Crippen LogP contribution >= 0.6 is 0 Å². The van der Waals surface area contributed by atoms with Crippen molar-refractivity contribution in [3.8, 4) is 0 Å². The molecule has 3 nitrogen and oxygen atoms in total. The van der Waals surface area contributed by atoms with Gasteiger partial charge in [-0.05, 0) is 97.7 Å². The number of carbonyl (C=O) groups excluding carboxylic acids is 2. The molecule has 0 spiro atoms. The maximum absolute atomic E-state index is 12.5. The maximum Gasteiger partial charge on any atom is 0.136 e. The number of ketones is 1. The first-order valence-electron chi connectivity index (χ1n) is 12.6. The summed E-state index contributed by atoms with van der Waals surface area (Å²) in [5.41, 5.74) is 0.783. The quantitative estimate of drug-likeness (QED) is 0.589. The highest BCUT2D eigenvalue weighted by Crippen LogP contribution is 2.74.